The molecule has 2 atom stereocenters. The minimum absolute atomic E-state index is 0.0643. The topological polar surface area (TPSA) is 38.8 Å². The molecule has 0 aromatic heterocycles. The Morgan fingerprint density at radius 1 is 1.43 bits per heavy atom. The van der Waals surface area contributed by atoms with Crippen LogP contribution in [0.25, 0.3) is 0 Å². The minimum Gasteiger partial charge on any atom is -0.353 e. The van der Waals surface area contributed by atoms with Crippen molar-refractivity contribution < 1.29 is 14.3 Å². The zero-order valence-corrected chi connectivity index (χ0v) is 8.57. The summed E-state index contributed by atoms with van der Waals surface area (Å²) in [5, 5.41) is 0. The monoisotopic (exact) mass is 199 g/mol. The average molecular weight is 199 g/mol. The van der Waals surface area contributed by atoms with E-state index in [2.05, 4.69) is 0 Å². The molecule has 14 heavy (non-hydrogen) atoms. The Kier molecular flexibility index (Phi) is 3.03. The van der Waals surface area contributed by atoms with Crippen LogP contribution in [0.5, 0.6) is 0 Å². The molecule has 1 amide bonds. The van der Waals surface area contributed by atoms with Crippen molar-refractivity contribution in [2.45, 2.75) is 44.6 Å². The van der Waals surface area contributed by atoms with Crippen LogP contribution in [-0.2, 0) is 14.3 Å². The second-order valence-corrected chi connectivity index (χ2v) is 3.93. The van der Waals surface area contributed by atoms with Crippen molar-refractivity contribution in [2.24, 2.45) is 0 Å². The highest BCUT2D eigenvalue weighted by atomic mass is 16.7. The van der Waals surface area contributed by atoms with E-state index in [9.17, 15) is 4.79 Å². The quantitative estimate of drug-likeness (QED) is 0.668. The maximum atomic E-state index is 11.2. The number of likely N-dealkylation sites (tertiary alicyclic amines) is 1. The fourth-order valence-electron chi connectivity index (χ4n) is 1.93. The van der Waals surface area contributed by atoms with Crippen molar-refractivity contribution in [3.8, 4) is 0 Å². The van der Waals surface area contributed by atoms with Gasteiger partial charge in [-0.05, 0) is 19.3 Å². The van der Waals surface area contributed by atoms with Gasteiger partial charge in [-0.25, -0.2) is 0 Å². The first-order valence-electron chi connectivity index (χ1n) is 5.30. The van der Waals surface area contributed by atoms with Crippen molar-refractivity contribution in [3.63, 3.8) is 0 Å². The average Bonchev–Trinajstić information content (AvgIpc) is 2.52. The Labute approximate surface area is 84.2 Å². The molecule has 4 heteroatoms. The van der Waals surface area contributed by atoms with Crippen molar-refractivity contribution in [3.05, 3.63) is 0 Å². The zero-order valence-electron chi connectivity index (χ0n) is 8.57. The van der Waals surface area contributed by atoms with Gasteiger partial charge in [0.1, 0.15) is 6.23 Å². The minimum atomic E-state index is -0.0953. The maximum absolute atomic E-state index is 11.2. The highest BCUT2D eigenvalue weighted by Gasteiger charge is 2.31. The first kappa shape index (κ1) is 9.93. The summed E-state index contributed by atoms with van der Waals surface area (Å²) in [5.41, 5.74) is 0. The second-order valence-electron chi connectivity index (χ2n) is 3.93. The molecule has 4 nitrogen and oxygen atoms in total. The number of carbonyl (C=O) groups excluding carboxylic acids is 1. The third kappa shape index (κ3) is 2.07. The molecule has 0 aliphatic carbocycles. The lowest BCUT2D eigenvalue weighted by Crippen LogP contribution is -2.36. The van der Waals surface area contributed by atoms with Gasteiger partial charge in [-0.2, -0.15) is 0 Å². The van der Waals surface area contributed by atoms with E-state index >= 15 is 0 Å². The van der Waals surface area contributed by atoms with E-state index in [0.29, 0.717) is 6.42 Å². The SMILES string of the molecule is CN1C(=O)CCC1OC1CCCCO1. The predicted molar refractivity (Wildman–Crippen MR) is 50.5 cm³/mol. The van der Waals surface area contributed by atoms with Crippen molar-refractivity contribution in [2.75, 3.05) is 13.7 Å². The van der Waals surface area contributed by atoms with E-state index in [1.165, 1.54) is 0 Å². The Balaban J connectivity index is 1.81. The number of rotatable bonds is 2. The van der Waals surface area contributed by atoms with Gasteiger partial charge >= 0.3 is 0 Å². The van der Waals surface area contributed by atoms with E-state index in [-0.39, 0.29) is 18.4 Å². The maximum Gasteiger partial charge on any atom is 0.224 e. The highest BCUT2D eigenvalue weighted by Crippen LogP contribution is 2.22. The molecule has 0 saturated carbocycles. The summed E-state index contributed by atoms with van der Waals surface area (Å²) in [6.07, 6.45) is 4.49. The molecule has 0 bridgehead atoms. The first-order valence-corrected chi connectivity index (χ1v) is 5.30. The number of ether oxygens (including phenoxy) is 2. The van der Waals surface area contributed by atoms with Crippen LogP contribution in [0.2, 0.25) is 0 Å². The van der Waals surface area contributed by atoms with Crippen LogP contribution in [0.15, 0.2) is 0 Å². The van der Waals surface area contributed by atoms with Crippen molar-refractivity contribution in [1.29, 1.82) is 0 Å². The molecule has 0 aromatic carbocycles. The van der Waals surface area contributed by atoms with E-state index < -0.39 is 0 Å². The third-order valence-corrected chi connectivity index (χ3v) is 2.88. The Morgan fingerprint density at radius 3 is 2.86 bits per heavy atom. The van der Waals surface area contributed by atoms with Gasteiger partial charge in [0.05, 0.1) is 0 Å². The van der Waals surface area contributed by atoms with Crippen molar-refractivity contribution >= 4 is 5.91 Å². The molecule has 0 N–H and O–H groups in total. The number of amides is 1. The number of nitrogens with zero attached hydrogens (tertiary/aromatic N) is 1. The van der Waals surface area contributed by atoms with Gasteiger partial charge in [-0.3, -0.25) is 4.79 Å². The van der Waals surface area contributed by atoms with Crippen LogP contribution >= 0.6 is 0 Å². The normalized spacial score (nSPS) is 33.8. The van der Waals surface area contributed by atoms with Gasteiger partial charge < -0.3 is 14.4 Å². The van der Waals surface area contributed by atoms with E-state index in [1.54, 1.807) is 11.9 Å². The van der Waals surface area contributed by atoms with Crippen LogP contribution in [0.3, 0.4) is 0 Å². The molecule has 2 saturated heterocycles. The molecule has 2 heterocycles. The van der Waals surface area contributed by atoms with Crippen LogP contribution in [0.4, 0.5) is 0 Å². The predicted octanol–water partition coefficient (Wildman–Crippen LogP) is 1.11. The van der Waals surface area contributed by atoms with E-state index in [1.807, 2.05) is 0 Å². The first-order chi connectivity index (χ1) is 6.77. The van der Waals surface area contributed by atoms with Crippen LogP contribution in [0.1, 0.15) is 32.1 Å². The Bertz CT molecular complexity index is 213. The lowest BCUT2D eigenvalue weighted by Gasteiger charge is -2.28. The van der Waals surface area contributed by atoms with Gasteiger partial charge in [0, 0.05) is 26.5 Å². The van der Waals surface area contributed by atoms with E-state index in [4.69, 9.17) is 9.47 Å². The summed E-state index contributed by atoms with van der Waals surface area (Å²) in [6.45, 7) is 0.787. The molecule has 2 aliphatic rings. The van der Waals surface area contributed by atoms with Gasteiger partial charge in [0.15, 0.2) is 6.29 Å². The second kappa shape index (κ2) is 4.28. The molecule has 80 valence electrons. The van der Waals surface area contributed by atoms with Gasteiger partial charge in [-0.1, -0.05) is 0 Å². The summed E-state index contributed by atoms with van der Waals surface area (Å²) < 4.78 is 11.2. The molecule has 0 aromatic rings. The highest BCUT2D eigenvalue weighted by molar-refractivity contribution is 5.78. The largest absolute Gasteiger partial charge is 0.353 e. The van der Waals surface area contributed by atoms with Gasteiger partial charge in [0.25, 0.3) is 0 Å². The number of hydrogen-bond acceptors (Lipinski definition) is 3. The summed E-state index contributed by atoms with van der Waals surface area (Å²) in [7, 11) is 1.79. The molecule has 2 unspecified atom stereocenters. The Hall–Kier alpha value is -0.610. The lowest BCUT2D eigenvalue weighted by atomic mass is 10.2. The molecule has 0 spiro atoms. The molecular weight excluding hydrogens is 182 g/mol. The van der Waals surface area contributed by atoms with Crippen LogP contribution in [0, 0.1) is 0 Å². The fraction of sp³-hybridized carbons (Fsp3) is 0.900. The van der Waals surface area contributed by atoms with Crippen LogP contribution in [-0.4, -0.2) is 37.0 Å². The molecule has 2 rings (SSSR count). The number of carbonyl (C=O) groups is 1. The molecule has 2 fully saturated rings. The molecular formula is C10H17NO3. The lowest BCUT2D eigenvalue weighted by molar-refractivity contribution is -0.210. The van der Waals surface area contributed by atoms with Gasteiger partial charge in [-0.15, -0.1) is 0 Å². The van der Waals surface area contributed by atoms with Crippen LogP contribution < -0.4 is 0 Å². The summed E-state index contributed by atoms with van der Waals surface area (Å²) in [6, 6.07) is 0. The van der Waals surface area contributed by atoms with Gasteiger partial charge in [0.2, 0.25) is 5.91 Å². The smallest absolute Gasteiger partial charge is 0.224 e. The Morgan fingerprint density at radius 2 is 2.29 bits per heavy atom. The summed E-state index contributed by atoms with van der Waals surface area (Å²) in [5.74, 6) is 0.172. The fourth-order valence-corrected chi connectivity index (χ4v) is 1.93. The van der Waals surface area contributed by atoms with Crippen molar-refractivity contribution in [1.82, 2.24) is 4.90 Å². The zero-order chi connectivity index (χ0) is 9.97. The summed E-state index contributed by atoms with van der Waals surface area (Å²) in [4.78, 5) is 12.9. The summed E-state index contributed by atoms with van der Waals surface area (Å²) >= 11 is 0. The number of hydrogen-bond donors (Lipinski definition) is 0. The third-order valence-electron chi connectivity index (χ3n) is 2.88. The molecule has 2 aliphatic heterocycles. The van der Waals surface area contributed by atoms with E-state index in [0.717, 1.165) is 32.3 Å². The molecule has 0 radical (unpaired) electrons. The standard InChI is InChI=1S/C10H17NO3/c1-11-8(12)5-6-9(11)14-10-4-2-3-7-13-10/h9-10H,2-7H2,1H3.